The van der Waals surface area contributed by atoms with Crippen LogP contribution >= 0.6 is 11.6 Å². The molecule has 0 unspecified atom stereocenters. The number of aromatic nitrogens is 2. The van der Waals surface area contributed by atoms with Gasteiger partial charge in [-0.3, -0.25) is 4.79 Å². The predicted molar refractivity (Wildman–Crippen MR) is 57.1 cm³/mol. The van der Waals surface area contributed by atoms with Crippen LogP contribution in [0.3, 0.4) is 0 Å². The first kappa shape index (κ1) is 10.2. The van der Waals surface area contributed by atoms with Crippen LogP contribution in [-0.2, 0) is 0 Å². The minimum atomic E-state index is -0.386. The Kier molecular flexibility index (Phi) is 3.01. The van der Waals surface area contributed by atoms with Crippen LogP contribution in [0.1, 0.15) is 0 Å². The van der Waals surface area contributed by atoms with Crippen molar-refractivity contribution >= 4 is 22.9 Å². The second-order valence-corrected chi connectivity index (χ2v) is 3.60. The van der Waals surface area contributed by atoms with Crippen LogP contribution in [0.15, 0.2) is 18.5 Å². The number of hydrogen-bond donors (Lipinski definition) is 0. The molecule has 0 saturated carbocycles. The lowest BCUT2D eigenvalue weighted by Gasteiger charge is -2.33. The molecule has 1 saturated heterocycles. The summed E-state index contributed by atoms with van der Waals surface area (Å²) in [5, 5.41) is -0.386. The number of nitrogens with zero attached hydrogens (tertiary/aromatic N) is 4. The van der Waals surface area contributed by atoms with Crippen molar-refractivity contribution in [3.8, 4) is 0 Å². The Morgan fingerprint density at radius 2 is 1.80 bits per heavy atom. The minimum absolute atomic E-state index is 0.386. The van der Waals surface area contributed by atoms with Crippen molar-refractivity contribution in [1.29, 1.82) is 0 Å². The normalized spacial score (nSPS) is 16.6. The average molecular weight is 227 g/mol. The number of rotatable bonds is 1. The van der Waals surface area contributed by atoms with Crippen molar-refractivity contribution in [3.63, 3.8) is 0 Å². The van der Waals surface area contributed by atoms with E-state index in [1.165, 1.54) is 0 Å². The summed E-state index contributed by atoms with van der Waals surface area (Å²) in [5.74, 6) is 0.708. The van der Waals surface area contributed by atoms with Gasteiger partial charge in [0.15, 0.2) is 0 Å². The molecular weight excluding hydrogens is 216 g/mol. The van der Waals surface area contributed by atoms with Gasteiger partial charge in [0.1, 0.15) is 0 Å². The fraction of sp³-hybridized carbons (Fsp3) is 0.444. The Morgan fingerprint density at radius 3 is 2.33 bits per heavy atom. The Bertz CT molecular complexity index is 337. The van der Waals surface area contributed by atoms with Gasteiger partial charge in [-0.05, 0) is 17.7 Å². The second kappa shape index (κ2) is 4.44. The molecule has 0 N–H and O–H groups in total. The maximum atomic E-state index is 10.9. The molecule has 1 aromatic rings. The maximum absolute atomic E-state index is 10.9. The Balaban J connectivity index is 1.97. The molecular formula is C9H11ClN4O. The van der Waals surface area contributed by atoms with E-state index in [9.17, 15) is 4.79 Å². The number of halogens is 1. The third kappa shape index (κ3) is 2.36. The summed E-state index contributed by atoms with van der Waals surface area (Å²) in [7, 11) is 0. The van der Waals surface area contributed by atoms with E-state index >= 15 is 0 Å². The molecule has 1 aliphatic heterocycles. The summed E-state index contributed by atoms with van der Waals surface area (Å²) in [5.41, 5.74) is 0. The summed E-state index contributed by atoms with van der Waals surface area (Å²) in [6.07, 6.45) is 3.42. The quantitative estimate of drug-likeness (QED) is 0.529. The first-order chi connectivity index (χ1) is 7.27. The van der Waals surface area contributed by atoms with Crippen LogP contribution in [0.5, 0.6) is 0 Å². The second-order valence-electron chi connectivity index (χ2n) is 3.28. The van der Waals surface area contributed by atoms with Crippen LogP contribution in [0.4, 0.5) is 10.7 Å². The van der Waals surface area contributed by atoms with E-state index in [1.54, 1.807) is 23.4 Å². The zero-order chi connectivity index (χ0) is 10.7. The standard InChI is InChI=1S/C9H11ClN4O/c10-8(15)13-4-6-14(7-5-13)9-11-2-1-3-12-9/h1-3H,4-7H2. The lowest BCUT2D eigenvalue weighted by atomic mass is 10.3. The summed E-state index contributed by atoms with van der Waals surface area (Å²) in [6, 6.07) is 1.78. The molecule has 0 aromatic carbocycles. The third-order valence-corrected chi connectivity index (χ3v) is 2.60. The zero-order valence-corrected chi connectivity index (χ0v) is 8.89. The molecule has 0 aliphatic carbocycles. The highest BCUT2D eigenvalue weighted by molar-refractivity contribution is 6.62. The highest BCUT2D eigenvalue weighted by Gasteiger charge is 2.20. The van der Waals surface area contributed by atoms with Crippen molar-refractivity contribution in [1.82, 2.24) is 14.9 Å². The molecule has 0 atom stereocenters. The van der Waals surface area contributed by atoms with E-state index in [1.807, 2.05) is 4.90 Å². The van der Waals surface area contributed by atoms with Crippen LogP contribution < -0.4 is 4.90 Å². The van der Waals surface area contributed by atoms with Crippen LogP contribution in [0, 0.1) is 0 Å². The van der Waals surface area contributed by atoms with Gasteiger partial charge in [-0.15, -0.1) is 0 Å². The van der Waals surface area contributed by atoms with E-state index in [0.717, 1.165) is 13.1 Å². The summed E-state index contributed by atoms with van der Waals surface area (Å²) in [4.78, 5) is 22.8. The van der Waals surface area contributed by atoms with Gasteiger partial charge in [-0.1, -0.05) is 0 Å². The van der Waals surface area contributed by atoms with Gasteiger partial charge < -0.3 is 9.80 Å². The molecule has 2 rings (SSSR count). The SMILES string of the molecule is O=C(Cl)N1CCN(c2ncccn2)CC1. The van der Waals surface area contributed by atoms with Crippen molar-refractivity contribution in [2.24, 2.45) is 0 Å². The zero-order valence-electron chi connectivity index (χ0n) is 8.14. The van der Waals surface area contributed by atoms with Gasteiger partial charge in [-0.25, -0.2) is 9.97 Å². The first-order valence-electron chi connectivity index (χ1n) is 4.74. The molecule has 0 spiro atoms. The van der Waals surface area contributed by atoms with E-state index in [2.05, 4.69) is 9.97 Å². The van der Waals surface area contributed by atoms with Gasteiger partial charge in [0.05, 0.1) is 0 Å². The molecule has 1 aliphatic rings. The van der Waals surface area contributed by atoms with Crippen molar-refractivity contribution < 1.29 is 4.79 Å². The van der Waals surface area contributed by atoms with Crippen LogP contribution in [-0.4, -0.2) is 46.4 Å². The monoisotopic (exact) mass is 226 g/mol. The number of amides is 1. The highest BCUT2D eigenvalue weighted by atomic mass is 35.5. The third-order valence-electron chi connectivity index (χ3n) is 2.36. The molecule has 80 valence electrons. The van der Waals surface area contributed by atoms with E-state index in [-0.39, 0.29) is 5.37 Å². The van der Waals surface area contributed by atoms with Gasteiger partial charge in [0.2, 0.25) is 5.95 Å². The van der Waals surface area contributed by atoms with Crippen LogP contribution in [0.2, 0.25) is 0 Å². The lowest BCUT2D eigenvalue weighted by Crippen LogP contribution is -2.47. The molecule has 1 aromatic heterocycles. The topological polar surface area (TPSA) is 49.3 Å². The fourth-order valence-electron chi connectivity index (χ4n) is 1.54. The lowest BCUT2D eigenvalue weighted by molar-refractivity contribution is 0.218. The summed E-state index contributed by atoms with van der Waals surface area (Å²) >= 11 is 5.39. The molecule has 1 amide bonds. The van der Waals surface area contributed by atoms with Gasteiger partial charge in [0.25, 0.3) is 0 Å². The van der Waals surface area contributed by atoms with Crippen molar-refractivity contribution in [2.45, 2.75) is 0 Å². The predicted octanol–water partition coefficient (Wildman–Crippen LogP) is 0.957. The minimum Gasteiger partial charge on any atom is -0.337 e. The molecule has 1 fully saturated rings. The van der Waals surface area contributed by atoms with Crippen molar-refractivity contribution in [3.05, 3.63) is 18.5 Å². The van der Waals surface area contributed by atoms with E-state index < -0.39 is 0 Å². The maximum Gasteiger partial charge on any atom is 0.316 e. The average Bonchev–Trinajstić information content (AvgIpc) is 2.30. The number of hydrogen-bond acceptors (Lipinski definition) is 4. The highest BCUT2D eigenvalue weighted by Crippen LogP contribution is 2.10. The van der Waals surface area contributed by atoms with E-state index in [0.29, 0.717) is 19.0 Å². The van der Waals surface area contributed by atoms with Gasteiger partial charge in [-0.2, -0.15) is 0 Å². The van der Waals surface area contributed by atoms with Crippen LogP contribution in [0.25, 0.3) is 0 Å². The summed E-state index contributed by atoms with van der Waals surface area (Å²) in [6.45, 7) is 2.70. The molecule has 0 bridgehead atoms. The fourth-order valence-corrected chi connectivity index (χ4v) is 1.71. The Labute approximate surface area is 92.7 Å². The Hall–Kier alpha value is -1.36. The molecule has 0 radical (unpaired) electrons. The van der Waals surface area contributed by atoms with Gasteiger partial charge in [0, 0.05) is 38.6 Å². The largest absolute Gasteiger partial charge is 0.337 e. The molecule has 2 heterocycles. The van der Waals surface area contributed by atoms with Crippen molar-refractivity contribution in [2.75, 3.05) is 31.1 Å². The number of carbonyl (C=O) groups excluding carboxylic acids is 1. The number of piperazine rings is 1. The van der Waals surface area contributed by atoms with E-state index in [4.69, 9.17) is 11.6 Å². The molecule has 5 nitrogen and oxygen atoms in total. The Morgan fingerprint density at radius 1 is 1.20 bits per heavy atom. The number of carbonyl (C=O) groups is 1. The summed E-state index contributed by atoms with van der Waals surface area (Å²) < 4.78 is 0. The molecule has 6 heteroatoms. The van der Waals surface area contributed by atoms with Gasteiger partial charge >= 0.3 is 5.37 Å². The molecule has 15 heavy (non-hydrogen) atoms. The first-order valence-corrected chi connectivity index (χ1v) is 5.11. The number of anilines is 1. The smallest absolute Gasteiger partial charge is 0.316 e.